The summed E-state index contributed by atoms with van der Waals surface area (Å²) in [5, 5.41) is 8.67. The van der Waals surface area contributed by atoms with Crippen LogP contribution >= 0.6 is 0 Å². The SMILES string of the molecule is CC1=CCN(C)C=C1c1ccc2[nH]nc(-c3nc4c(-c5ccc(F)cc5)cncc4[nH]3)c2c1. The first kappa shape index (κ1) is 19.4. The number of halogens is 1. The summed E-state index contributed by atoms with van der Waals surface area (Å²) in [6.07, 6.45) is 7.91. The quantitative estimate of drug-likeness (QED) is 0.389. The van der Waals surface area contributed by atoms with E-state index in [-0.39, 0.29) is 5.82 Å². The third kappa shape index (κ3) is 3.29. The second-order valence-corrected chi connectivity index (χ2v) is 8.38. The summed E-state index contributed by atoms with van der Waals surface area (Å²) in [5.41, 5.74) is 8.56. The number of hydrogen-bond acceptors (Lipinski definition) is 4. The minimum Gasteiger partial charge on any atom is -0.376 e. The lowest BCUT2D eigenvalue weighted by molar-refractivity contribution is 0.505. The van der Waals surface area contributed by atoms with Gasteiger partial charge >= 0.3 is 0 Å². The van der Waals surface area contributed by atoms with E-state index in [1.165, 1.54) is 23.3 Å². The Morgan fingerprint density at radius 2 is 1.82 bits per heavy atom. The summed E-state index contributed by atoms with van der Waals surface area (Å²) in [6, 6.07) is 12.7. The van der Waals surface area contributed by atoms with Gasteiger partial charge in [0.25, 0.3) is 0 Å². The maximum Gasteiger partial charge on any atom is 0.159 e. The normalized spacial score (nSPS) is 14.1. The molecule has 162 valence electrons. The van der Waals surface area contributed by atoms with Crippen LogP contribution in [0.1, 0.15) is 12.5 Å². The summed E-state index contributed by atoms with van der Waals surface area (Å²) in [4.78, 5) is 14.7. The fourth-order valence-corrected chi connectivity index (χ4v) is 4.32. The molecule has 0 atom stereocenters. The minimum absolute atomic E-state index is 0.273. The number of nitrogens with zero attached hydrogens (tertiary/aromatic N) is 4. The predicted molar refractivity (Wildman–Crippen MR) is 129 cm³/mol. The lowest BCUT2D eigenvalue weighted by Gasteiger charge is -2.21. The first-order valence-electron chi connectivity index (χ1n) is 10.7. The van der Waals surface area contributed by atoms with E-state index in [9.17, 15) is 4.39 Å². The molecule has 0 unspecified atom stereocenters. The van der Waals surface area contributed by atoms with Crippen LogP contribution in [-0.4, -0.2) is 43.6 Å². The number of H-pyrrole nitrogens is 2. The van der Waals surface area contributed by atoms with Crippen molar-refractivity contribution >= 4 is 27.5 Å². The molecule has 6 rings (SSSR count). The largest absolute Gasteiger partial charge is 0.376 e. The number of aromatic nitrogens is 5. The van der Waals surface area contributed by atoms with Gasteiger partial charge in [-0.05, 0) is 47.9 Å². The minimum atomic E-state index is -0.273. The highest BCUT2D eigenvalue weighted by molar-refractivity contribution is 5.98. The van der Waals surface area contributed by atoms with Crippen LogP contribution in [0.4, 0.5) is 4.39 Å². The molecule has 2 N–H and O–H groups in total. The number of pyridine rings is 1. The Morgan fingerprint density at radius 3 is 2.67 bits per heavy atom. The van der Waals surface area contributed by atoms with Gasteiger partial charge in [0.2, 0.25) is 0 Å². The second-order valence-electron chi connectivity index (χ2n) is 8.38. The molecule has 0 amide bonds. The van der Waals surface area contributed by atoms with E-state index in [1.54, 1.807) is 24.5 Å². The molecule has 1 aliphatic heterocycles. The van der Waals surface area contributed by atoms with Crippen LogP contribution < -0.4 is 0 Å². The average Bonchev–Trinajstić information content (AvgIpc) is 3.44. The lowest BCUT2D eigenvalue weighted by Crippen LogP contribution is -2.15. The van der Waals surface area contributed by atoms with Crippen LogP contribution in [0.25, 0.3) is 50.2 Å². The van der Waals surface area contributed by atoms with Gasteiger partial charge in [0.1, 0.15) is 11.5 Å². The maximum atomic E-state index is 13.4. The van der Waals surface area contributed by atoms with Gasteiger partial charge in [-0.3, -0.25) is 10.1 Å². The zero-order chi connectivity index (χ0) is 22.5. The molecule has 4 heterocycles. The third-order valence-corrected chi connectivity index (χ3v) is 6.11. The van der Waals surface area contributed by atoms with E-state index >= 15 is 0 Å². The van der Waals surface area contributed by atoms with E-state index in [1.807, 2.05) is 0 Å². The zero-order valence-electron chi connectivity index (χ0n) is 18.2. The van der Waals surface area contributed by atoms with E-state index in [0.717, 1.165) is 50.9 Å². The molecule has 1 aliphatic rings. The second kappa shape index (κ2) is 7.41. The number of rotatable bonds is 3. The van der Waals surface area contributed by atoms with E-state index in [0.29, 0.717) is 5.82 Å². The van der Waals surface area contributed by atoms with Crippen molar-refractivity contribution < 1.29 is 4.39 Å². The van der Waals surface area contributed by atoms with Crippen LogP contribution in [-0.2, 0) is 0 Å². The molecule has 6 nitrogen and oxygen atoms in total. The smallest absolute Gasteiger partial charge is 0.159 e. The summed E-state index contributed by atoms with van der Waals surface area (Å²) < 4.78 is 13.4. The Kier molecular flexibility index (Phi) is 4.36. The average molecular weight is 436 g/mol. The Morgan fingerprint density at radius 1 is 1.00 bits per heavy atom. The van der Waals surface area contributed by atoms with Crippen molar-refractivity contribution in [2.45, 2.75) is 6.92 Å². The number of aromatic amines is 2. The molecule has 0 bridgehead atoms. The van der Waals surface area contributed by atoms with Crippen molar-refractivity contribution in [3.63, 3.8) is 0 Å². The highest BCUT2D eigenvalue weighted by Gasteiger charge is 2.17. The molecule has 33 heavy (non-hydrogen) atoms. The molecule has 0 radical (unpaired) electrons. The molecule has 5 aromatic rings. The highest BCUT2D eigenvalue weighted by atomic mass is 19.1. The number of nitrogens with one attached hydrogen (secondary N) is 2. The van der Waals surface area contributed by atoms with Crippen LogP contribution in [0.15, 0.2) is 72.7 Å². The lowest BCUT2D eigenvalue weighted by atomic mass is 9.96. The van der Waals surface area contributed by atoms with Crippen LogP contribution in [0, 0.1) is 5.82 Å². The van der Waals surface area contributed by atoms with E-state index in [2.05, 4.69) is 69.5 Å². The fraction of sp³-hybridized carbons (Fsp3) is 0.115. The highest BCUT2D eigenvalue weighted by Crippen LogP contribution is 2.33. The number of fused-ring (bicyclic) bond motifs is 2. The molecule has 3 aromatic heterocycles. The summed E-state index contributed by atoms with van der Waals surface area (Å²) in [5.74, 6) is 0.386. The van der Waals surface area contributed by atoms with Crippen LogP contribution in [0.3, 0.4) is 0 Å². The van der Waals surface area contributed by atoms with Gasteiger partial charge in [-0.25, -0.2) is 9.37 Å². The summed E-state index contributed by atoms with van der Waals surface area (Å²) in [7, 11) is 2.08. The Balaban J connectivity index is 1.48. The molecular formula is C26H21FN6. The molecular weight excluding hydrogens is 415 g/mol. The van der Waals surface area contributed by atoms with Crippen molar-refractivity contribution in [1.29, 1.82) is 0 Å². The first-order valence-corrected chi connectivity index (χ1v) is 10.7. The number of hydrogen-bond donors (Lipinski definition) is 2. The van der Waals surface area contributed by atoms with Crippen molar-refractivity contribution in [2.75, 3.05) is 13.6 Å². The van der Waals surface area contributed by atoms with Gasteiger partial charge < -0.3 is 9.88 Å². The number of imidazole rings is 1. The summed E-state index contributed by atoms with van der Waals surface area (Å²) >= 11 is 0. The molecule has 0 saturated carbocycles. The Bertz CT molecular complexity index is 1570. The van der Waals surface area contributed by atoms with E-state index in [4.69, 9.17) is 4.98 Å². The first-order chi connectivity index (χ1) is 16.1. The van der Waals surface area contributed by atoms with Crippen molar-refractivity contribution in [3.05, 3.63) is 84.1 Å². The maximum absolute atomic E-state index is 13.4. The molecule has 0 spiro atoms. The van der Waals surface area contributed by atoms with Gasteiger partial charge in [0.15, 0.2) is 5.82 Å². The third-order valence-electron chi connectivity index (χ3n) is 6.11. The van der Waals surface area contributed by atoms with Gasteiger partial charge in [0.05, 0.1) is 22.7 Å². The standard InChI is InChI=1S/C26H21FN6/c1-15-9-10-33(2)14-21(15)17-5-8-22-19(11-17)25(32-31-22)26-29-23-13-28-12-20(24(23)30-26)16-3-6-18(27)7-4-16/h3-9,11-14H,10H2,1-2H3,(H,29,30)(H,31,32). The molecule has 2 aromatic carbocycles. The van der Waals surface area contributed by atoms with Crippen molar-refractivity contribution in [1.82, 2.24) is 30.0 Å². The van der Waals surface area contributed by atoms with Crippen molar-refractivity contribution in [3.8, 4) is 22.6 Å². The topological polar surface area (TPSA) is 73.5 Å². The molecule has 0 aliphatic carbocycles. The number of benzene rings is 2. The molecule has 0 fully saturated rings. The van der Waals surface area contributed by atoms with Gasteiger partial charge in [-0.2, -0.15) is 5.10 Å². The number of allylic oxidation sites excluding steroid dienone is 2. The fourth-order valence-electron chi connectivity index (χ4n) is 4.32. The summed E-state index contributed by atoms with van der Waals surface area (Å²) in [6.45, 7) is 3.06. The Hall–Kier alpha value is -4.26. The monoisotopic (exact) mass is 436 g/mol. The molecule has 0 saturated heterocycles. The van der Waals surface area contributed by atoms with E-state index < -0.39 is 0 Å². The van der Waals surface area contributed by atoms with Gasteiger partial charge in [-0.15, -0.1) is 0 Å². The van der Waals surface area contributed by atoms with Crippen LogP contribution in [0.2, 0.25) is 0 Å². The predicted octanol–water partition coefficient (Wildman–Crippen LogP) is 5.54. The van der Waals surface area contributed by atoms with Gasteiger partial charge in [0, 0.05) is 42.5 Å². The number of likely N-dealkylation sites (N-methyl/N-ethyl adjacent to an activating group) is 1. The zero-order valence-corrected chi connectivity index (χ0v) is 18.2. The Labute approximate surface area is 189 Å². The van der Waals surface area contributed by atoms with Crippen molar-refractivity contribution in [2.24, 2.45) is 0 Å². The van der Waals surface area contributed by atoms with Gasteiger partial charge in [-0.1, -0.05) is 24.3 Å². The molecule has 7 heteroatoms. The van der Waals surface area contributed by atoms with Crippen LogP contribution in [0.5, 0.6) is 0 Å².